The minimum absolute atomic E-state index is 0. The van der Waals surface area contributed by atoms with Crippen LogP contribution < -0.4 is 0 Å². The molecule has 0 atom stereocenters. The van der Waals surface area contributed by atoms with Gasteiger partial charge in [-0.15, -0.1) is 5.54 Å². The van der Waals surface area contributed by atoms with Crippen molar-refractivity contribution in [1.82, 2.24) is 15.0 Å². The molecule has 0 saturated carbocycles. The molecule has 6 heteroatoms. The zero-order valence-electron chi connectivity index (χ0n) is 12.8. The van der Waals surface area contributed by atoms with Gasteiger partial charge in [-0.1, -0.05) is 26.3 Å². The van der Waals surface area contributed by atoms with Crippen LogP contribution in [0.15, 0.2) is 36.9 Å². The van der Waals surface area contributed by atoms with Gasteiger partial charge in [-0.3, -0.25) is 4.98 Å². The third-order valence-electron chi connectivity index (χ3n) is 2.87. The van der Waals surface area contributed by atoms with Gasteiger partial charge in [-0.05, 0) is 30.1 Å². The van der Waals surface area contributed by atoms with Crippen molar-refractivity contribution >= 4 is 5.82 Å². The molecule has 0 N–H and O–H groups in total. The molecule has 0 aliphatic rings. The fourth-order valence-electron chi connectivity index (χ4n) is 1.39. The molecule has 0 saturated heterocycles. The van der Waals surface area contributed by atoms with Crippen LogP contribution in [0, 0.1) is 11.8 Å². The van der Waals surface area contributed by atoms with Gasteiger partial charge >= 0.3 is 21.1 Å². The number of nitrogens with zero attached hydrogens (tertiary/aromatic N) is 5. The van der Waals surface area contributed by atoms with Crippen LogP contribution >= 0.6 is 0 Å². The van der Waals surface area contributed by atoms with Gasteiger partial charge < -0.3 is 15.6 Å². The maximum atomic E-state index is 4.38. The number of rotatable bonds is 4. The summed E-state index contributed by atoms with van der Waals surface area (Å²) in [6.07, 6.45) is 6.67. The second kappa shape index (κ2) is 8.63. The molecular weight excluding hydrogens is 446 g/mol. The summed E-state index contributed by atoms with van der Waals surface area (Å²) in [5.41, 5.74) is 1.28. The third-order valence-corrected chi connectivity index (χ3v) is 2.87. The van der Waals surface area contributed by atoms with Crippen LogP contribution in [0.3, 0.4) is 0 Å². The van der Waals surface area contributed by atoms with E-state index in [1.165, 1.54) is 0 Å². The predicted octanol–water partition coefficient (Wildman–Crippen LogP) is 3.06. The molecule has 0 fully saturated rings. The van der Waals surface area contributed by atoms with Crippen molar-refractivity contribution in [2.24, 2.45) is 0 Å². The van der Waals surface area contributed by atoms with Crippen LogP contribution in [0.4, 0.5) is 5.82 Å². The number of aromatic nitrogens is 3. The van der Waals surface area contributed by atoms with Crippen molar-refractivity contribution in [2.75, 3.05) is 13.6 Å². The molecule has 0 aliphatic heterocycles. The van der Waals surface area contributed by atoms with Gasteiger partial charge in [0.1, 0.15) is 5.69 Å². The van der Waals surface area contributed by atoms with E-state index in [-0.39, 0.29) is 26.6 Å². The Morgan fingerprint density at radius 1 is 1.14 bits per heavy atom. The van der Waals surface area contributed by atoms with Gasteiger partial charge in [-0.2, -0.15) is 7.05 Å². The second-order valence-corrected chi connectivity index (χ2v) is 5.10. The Balaban J connectivity index is 0.00000242. The minimum Gasteiger partial charge on any atom is -0.660 e. The van der Waals surface area contributed by atoms with Crippen molar-refractivity contribution in [1.29, 1.82) is 0 Å². The van der Waals surface area contributed by atoms with Crippen molar-refractivity contribution in [3.8, 4) is 11.8 Å². The first-order chi connectivity index (χ1) is 10.1. The molecule has 0 amide bonds. The van der Waals surface area contributed by atoms with Gasteiger partial charge in [0.05, 0.1) is 0 Å². The molecule has 2 aromatic rings. The molecule has 2 rings (SSSR count). The zero-order valence-corrected chi connectivity index (χ0v) is 15.7. The molecule has 0 aromatic carbocycles. The van der Waals surface area contributed by atoms with E-state index in [9.17, 15) is 0 Å². The van der Waals surface area contributed by atoms with Crippen molar-refractivity contribution in [3.63, 3.8) is 0 Å². The number of hydrogen-bond donors (Lipinski definition) is 0. The molecule has 112 valence electrons. The van der Waals surface area contributed by atoms with Crippen LogP contribution in [0.25, 0.3) is 10.6 Å². The smallest absolute Gasteiger partial charge is 0.660 e. The first-order valence-corrected chi connectivity index (χ1v) is 6.62. The summed E-state index contributed by atoms with van der Waals surface area (Å²) < 4.78 is 0. The Morgan fingerprint density at radius 2 is 1.95 bits per heavy atom. The van der Waals surface area contributed by atoms with E-state index >= 15 is 0 Å². The average molecular weight is 463 g/mol. The number of hydrogen-bond acceptors (Lipinski definition) is 3. The van der Waals surface area contributed by atoms with Crippen LogP contribution in [0.1, 0.15) is 25.1 Å². The van der Waals surface area contributed by atoms with Gasteiger partial charge in [0.15, 0.2) is 0 Å². The molecule has 2 heterocycles. The summed E-state index contributed by atoms with van der Waals surface area (Å²) >= 11 is 0. The number of likely N-dealkylation sites (N-methyl/N-ethyl adjacent to an activating group) is 1. The van der Waals surface area contributed by atoms with Crippen LogP contribution in [0.5, 0.6) is 0 Å². The SMILES string of the molecule is C[N-]C(C)(C)C[N-]c1cnc(C#Cc2cccnc2)cn1.[W+2]. The summed E-state index contributed by atoms with van der Waals surface area (Å²) in [4.78, 5) is 12.5. The first-order valence-electron chi connectivity index (χ1n) is 6.62. The second-order valence-electron chi connectivity index (χ2n) is 5.10. The average Bonchev–Trinajstić information content (AvgIpc) is 2.53. The summed E-state index contributed by atoms with van der Waals surface area (Å²) in [5.74, 6) is 6.53. The largest absolute Gasteiger partial charge is 2.00 e. The van der Waals surface area contributed by atoms with Crippen LogP contribution in [-0.2, 0) is 21.1 Å². The summed E-state index contributed by atoms with van der Waals surface area (Å²) in [7, 11) is 1.79. The van der Waals surface area contributed by atoms with E-state index in [0.717, 1.165) is 5.56 Å². The minimum atomic E-state index is -0.180. The monoisotopic (exact) mass is 463 g/mol. The molecular formula is C16H17N5W. The van der Waals surface area contributed by atoms with E-state index in [0.29, 0.717) is 18.1 Å². The molecule has 0 aliphatic carbocycles. The third kappa shape index (κ3) is 5.93. The van der Waals surface area contributed by atoms with Crippen molar-refractivity contribution < 1.29 is 21.1 Å². The van der Waals surface area contributed by atoms with Gasteiger partial charge in [0, 0.05) is 24.2 Å². The van der Waals surface area contributed by atoms with Crippen molar-refractivity contribution in [3.05, 3.63) is 58.8 Å². The van der Waals surface area contributed by atoms with Gasteiger partial charge in [0.2, 0.25) is 0 Å². The summed E-state index contributed by atoms with van der Waals surface area (Å²) in [6, 6.07) is 3.74. The Morgan fingerprint density at radius 3 is 2.55 bits per heavy atom. The first kappa shape index (κ1) is 18.3. The van der Waals surface area contributed by atoms with Crippen LogP contribution in [0.2, 0.25) is 0 Å². The van der Waals surface area contributed by atoms with E-state index in [2.05, 4.69) is 37.4 Å². The van der Waals surface area contributed by atoms with E-state index in [1.807, 2.05) is 26.0 Å². The molecule has 2 aromatic heterocycles. The normalized spacial score (nSPS) is 10.1. The quantitative estimate of drug-likeness (QED) is 0.655. The maximum Gasteiger partial charge on any atom is 2.00 e. The van der Waals surface area contributed by atoms with E-state index in [4.69, 9.17) is 0 Å². The molecule has 0 unspecified atom stereocenters. The number of pyridine rings is 1. The Bertz CT molecular complexity index is 629. The van der Waals surface area contributed by atoms with Crippen molar-refractivity contribution in [2.45, 2.75) is 19.4 Å². The predicted molar refractivity (Wildman–Crippen MR) is 83.5 cm³/mol. The summed E-state index contributed by atoms with van der Waals surface area (Å²) in [5, 5.41) is 8.63. The summed E-state index contributed by atoms with van der Waals surface area (Å²) in [6.45, 7) is 4.63. The van der Waals surface area contributed by atoms with Gasteiger partial charge in [-0.25, -0.2) is 4.98 Å². The standard InChI is InChI=1S/C16H17N5.W/c1-16(2,17-3)12-21-15-11-19-14(10-20-15)7-6-13-5-4-8-18-9-13;/h4-5,8-11H,12H2,1-3H3;/q-2;+2. The Kier molecular flexibility index (Phi) is 7.17. The topological polar surface area (TPSA) is 66.9 Å². The Labute approximate surface area is 145 Å². The van der Waals surface area contributed by atoms with E-state index in [1.54, 1.807) is 31.8 Å². The Hall–Kier alpha value is -1.76. The van der Waals surface area contributed by atoms with Gasteiger partial charge in [0.25, 0.3) is 0 Å². The van der Waals surface area contributed by atoms with E-state index < -0.39 is 0 Å². The zero-order chi connectivity index (χ0) is 15.1. The van der Waals surface area contributed by atoms with Crippen LogP contribution in [-0.4, -0.2) is 34.1 Å². The molecule has 22 heavy (non-hydrogen) atoms. The maximum absolute atomic E-state index is 4.38. The molecule has 0 bridgehead atoms. The molecule has 5 nitrogen and oxygen atoms in total. The fraction of sp³-hybridized carbons (Fsp3) is 0.312. The fourth-order valence-corrected chi connectivity index (χ4v) is 1.39. The molecule has 0 spiro atoms. The molecule has 0 radical (unpaired) electrons.